The molecule has 4 rings (SSSR count). The molecule has 94 valence electrons. The summed E-state index contributed by atoms with van der Waals surface area (Å²) in [5, 5.41) is 1.28. The van der Waals surface area contributed by atoms with Gasteiger partial charge in [-0.05, 0) is 29.7 Å². The molecule has 0 amide bonds. The van der Waals surface area contributed by atoms with Crippen molar-refractivity contribution in [1.29, 1.82) is 0 Å². The molecule has 1 aliphatic heterocycles. The Morgan fingerprint density at radius 2 is 1.68 bits per heavy atom. The van der Waals surface area contributed by atoms with Crippen LogP contribution in [0.2, 0.25) is 0 Å². The van der Waals surface area contributed by atoms with Crippen LogP contribution in [0.15, 0.2) is 67.0 Å². The van der Waals surface area contributed by atoms with Gasteiger partial charge >= 0.3 is 0 Å². The van der Waals surface area contributed by atoms with E-state index >= 15 is 0 Å². The second kappa shape index (κ2) is 5.31. The topological polar surface area (TPSA) is 37.0 Å². The van der Waals surface area contributed by atoms with Gasteiger partial charge in [-0.15, -0.1) is 0 Å². The maximum atomic E-state index is 5.09. The summed E-state index contributed by atoms with van der Waals surface area (Å²) in [6.45, 7) is 0. The summed E-state index contributed by atoms with van der Waals surface area (Å²) in [7, 11) is 0. The number of rotatable bonds is 0. The van der Waals surface area contributed by atoms with Gasteiger partial charge in [0, 0.05) is 23.5 Å². The first-order chi connectivity index (χ1) is 9.43. The van der Waals surface area contributed by atoms with E-state index in [1.165, 1.54) is 10.9 Å². The fourth-order valence-corrected chi connectivity index (χ4v) is 1.93. The lowest BCUT2D eigenvalue weighted by Crippen LogP contribution is -2.13. The molecule has 0 fully saturated rings. The standard InChI is InChI=1S/C8H7NO.C8H7N/c1-2-4-8-7(3-1)5-6-9-10-8;1-2-4-8-7(3-1)5-6-9-8/h1-6,9H;1-6,9H. The lowest BCUT2D eigenvalue weighted by atomic mass is 10.2. The van der Waals surface area contributed by atoms with Crippen LogP contribution < -0.4 is 10.3 Å². The number of fused-ring (bicyclic) bond motifs is 2. The Kier molecular flexibility index (Phi) is 3.19. The second-order valence-electron chi connectivity index (χ2n) is 4.16. The molecule has 2 heterocycles. The SMILES string of the molecule is C1=Cc2ccccc2ON1.c1ccc2[nH]ccc2c1. The van der Waals surface area contributed by atoms with E-state index in [1.54, 1.807) is 6.20 Å². The van der Waals surface area contributed by atoms with Gasteiger partial charge in [-0.2, -0.15) is 0 Å². The highest BCUT2D eigenvalue weighted by molar-refractivity contribution is 5.78. The third kappa shape index (κ3) is 2.60. The van der Waals surface area contributed by atoms with Crippen molar-refractivity contribution in [3.8, 4) is 5.75 Å². The third-order valence-corrected chi connectivity index (χ3v) is 2.88. The monoisotopic (exact) mass is 250 g/mol. The number of benzene rings is 2. The summed E-state index contributed by atoms with van der Waals surface area (Å²) in [5.74, 6) is 0.880. The quantitative estimate of drug-likeness (QED) is 0.638. The minimum Gasteiger partial charge on any atom is -0.382 e. The van der Waals surface area contributed by atoms with Crippen LogP contribution in [0.1, 0.15) is 5.56 Å². The molecule has 2 aromatic carbocycles. The van der Waals surface area contributed by atoms with Crippen LogP contribution in [0.4, 0.5) is 0 Å². The van der Waals surface area contributed by atoms with E-state index in [4.69, 9.17) is 4.84 Å². The Balaban J connectivity index is 0.000000117. The molecule has 2 N–H and O–H groups in total. The van der Waals surface area contributed by atoms with E-state index in [0.717, 1.165) is 11.3 Å². The third-order valence-electron chi connectivity index (χ3n) is 2.88. The molecule has 3 nitrogen and oxygen atoms in total. The first-order valence-electron chi connectivity index (χ1n) is 6.13. The first kappa shape index (κ1) is 11.4. The molecule has 0 saturated carbocycles. The fourth-order valence-electron chi connectivity index (χ4n) is 1.93. The molecule has 3 aromatic rings. The molecular formula is C16H14N2O. The van der Waals surface area contributed by atoms with E-state index in [9.17, 15) is 0 Å². The van der Waals surface area contributed by atoms with Crippen molar-refractivity contribution in [3.05, 3.63) is 72.6 Å². The minimum atomic E-state index is 0.880. The predicted octanol–water partition coefficient (Wildman–Crippen LogP) is 3.72. The predicted molar refractivity (Wildman–Crippen MR) is 77.5 cm³/mol. The van der Waals surface area contributed by atoms with Gasteiger partial charge in [0.25, 0.3) is 0 Å². The smallest absolute Gasteiger partial charge is 0.162 e. The van der Waals surface area contributed by atoms with Gasteiger partial charge in [-0.1, -0.05) is 36.4 Å². The van der Waals surface area contributed by atoms with Crippen molar-refractivity contribution in [3.63, 3.8) is 0 Å². The van der Waals surface area contributed by atoms with Crippen molar-refractivity contribution >= 4 is 17.0 Å². The highest BCUT2D eigenvalue weighted by Gasteiger charge is 2.01. The molecule has 0 saturated heterocycles. The number of hydroxylamine groups is 1. The number of hydrogen-bond acceptors (Lipinski definition) is 2. The number of aromatic nitrogens is 1. The Hall–Kier alpha value is -2.68. The average molecular weight is 250 g/mol. The van der Waals surface area contributed by atoms with Crippen molar-refractivity contribution in [2.24, 2.45) is 0 Å². The van der Waals surface area contributed by atoms with Crippen molar-refractivity contribution in [2.75, 3.05) is 0 Å². The van der Waals surface area contributed by atoms with Gasteiger partial charge in [0.15, 0.2) is 5.75 Å². The molecule has 0 radical (unpaired) electrons. The molecule has 0 unspecified atom stereocenters. The zero-order valence-electron chi connectivity index (χ0n) is 10.3. The van der Waals surface area contributed by atoms with Crippen LogP contribution in [0.25, 0.3) is 17.0 Å². The van der Waals surface area contributed by atoms with Crippen LogP contribution >= 0.6 is 0 Å². The number of H-pyrrole nitrogens is 1. The van der Waals surface area contributed by atoms with E-state index in [1.807, 2.05) is 48.7 Å². The molecular weight excluding hydrogens is 236 g/mol. The highest BCUT2D eigenvalue weighted by Crippen LogP contribution is 2.20. The molecule has 19 heavy (non-hydrogen) atoms. The Morgan fingerprint density at radius 3 is 2.58 bits per heavy atom. The summed E-state index contributed by atoms with van der Waals surface area (Å²) >= 11 is 0. The molecule has 0 spiro atoms. The van der Waals surface area contributed by atoms with Crippen LogP contribution in [-0.2, 0) is 0 Å². The van der Waals surface area contributed by atoms with Crippen LogP contribution in [0, 0.1) is 0 Å². The zero-order valence-corrected chi connectivity index (χ0v) is 10.3. The van der Waals surface area contributed by atoms with E-state index < -0.39 is 0 Å². The Morgan fingerprint density at radius 1 is 0.842 bits per heavy atom. The maximum Gasteiger partial charge on any atom is 0.162 e. The normalized spacial score (nSPS) is 11.8. The van der Waals surface area contributed by atoms with Gasteiger partial charge in [-0.3, -0.25) is 0 Å². The summed E-state index contributed by atoms with van der Waals surface area (Å²) in [5.41, 5.74) is 4.98. The van der Waals surface area contributed by atoms with E-state index in [0.29, 0.717) is 0 Å². The molecule has 3 heteroatoms. The summed E-state index contributed by atoms with van der Waals surface area (Å²) in [6, 6.07) is 18.1. The summed E-state index contributed by atoms with van der Waals surface area (Å²) in [6.07, 6.45) is 5.69. The van der Waals surface area contributed by atoms with Gasteiger partial charge in [0.2, 0.25) is 0 Å². The van der Waals surface area contributed by atoms with Crippen molar-refractivity contribution in [2.45, 2.75) is 0 Å². The summed E-state index contributed by atoms with van der Waals surface area (Å²) in [4.78, 5) is 8.21. The molecule has 0 aliphatic carbocycles. The van der Waals surface area contributed by atoms with Crippen LogP contribution in [0.5, 0.6) is 5.75 Å². The number of para-hydroxylation sites is 2. The minimum absolute atomic E-state index is 0.880. The molecule has 1 aliphatic rings. The largest absolute Gasteiger partial charge is 0.382 e. The zero-order chi connectivity index (χ0) is 12.9. The van der Waals surface area contributed by atoms with Gasteiger partial charge < -0.3 is 9.82 Å². The maximum absolute atomic E-state index is 5.09. The first-order valence-corrected chi connectivity index (χ1v) is 6.13. The fraction of sp³-hybridized carbons (Fsp3) is 0. The molecule has 0 atom stereocenters. The second-order valence-corrected chi connectivity index (χ2v) is 4.16. The van der Waals surface area contributed by atoms with Gasteiger partial charge in [0.1, 0.15) is 0 Å². The highest BCUT2D eigenvalue weighted by atomic mass is 16.6. The lowest BCUT2D eigenvalue weighted by Gasteiger charge is -2.11. The summed E-state index contributed by atoms with van der Waals surface area (Å²) < 4.78 is 0. The van der Waals surface area contributed by atoms with E-state index in [-0.39, 0.29) is 0 Å². The van der Waals surface area contributed by atoms with Crippen LogP contribution in [0.3, 0.4) is 0 Å². The van der Waals surface area contributed by atoms with E-state index in [2.05, 4.69) is 28.7 Å². The lowest BCUT2D eigenvalue weighted by molar-refractivity contribution is 0.239. The Bertz CT molecular complexity index is 670. The molecule has 0 bridgehead atoms. The number of nitrogens with one attached hydrogen (secondary N) is 2. The number of aromatic amines is 1. The van der Waals surface area contributed by atoms with Crippen molar-refractivity contribution < 1.29 is 4.84 Å². The molecule has 1 aromatic heterocycles. The van der Waals surface area contributed by atoms with Crippen molar-refractivity contribution in [1.82, 2.24) is 10.5 Å². The average Bonchev–Trinajstić information content (AvgIpc) is 2.96. The van der Waals surface area contributed by atoms with Crippen LogP contribution in [-0.4, -0.2) is 4.98 Å². The van der Waals surface area contributed by atoms with Gasteiger partial charge in [-0.25, -0.2) is 5.48 Å². The van der Waals surface area contributed by atoms with Gasteiger partial charge in [0.05, 0.1) is 0 Å². The number of hydrogen-bond donors (Lipinski definition) is 2. The Labute approximate surface area is 111 Å².